The summed E-state index contributed by atoms with van der Waals surface area (Å²) in [6, 6.07) is 1.75. The van der Waals surface area contributed by atoms with Crippen LogP contribution in [-0.2, 0) is 0 Å². The Hall–Kier alpha value is -1.78. The first-order valence-corrected chi connectivity index (χ1v) is 3.55. The lowest BCUT2D eigenvalue weighted by Gasteiger charge is -1.99. The van der Waals surface area contributed by atoms with Crippen molar-refractivity contribution < 1.29 is 0 Å². The molecule has 0 aliphatic rings. The van der Waals surface area contributed by atoms with Gasteiger partial charge in [-0.2, -0.15) is 9.61 Å². The van der Waals surface area contributed by atoms with E-state index in [1.54, 1.807) is 6.07 Å². The molecule has 0 spiro atoms. The van der Waals surface area contributed by atoms with Crippen molar-refractivity contribution in [2.24, 2.45) is 0 Å². The molecule has 0 saturated heterocycles. The maximum absolute atomic E-state index is 5.68. The van der Waals surface area contributed by atoms with E-state index in [1.165, 1.54) is 10.7 Å². The van der Waals surface area contributed by atoms with Crippen LogP contribution in [0.25, 0.3) is 5.65 Å². The van der Waals surface area contributed by atoms with Crippen LogP contribution < -0.4 is 11.5 Å². The minimum atomic E-state index is 0.547. The maximum atomic E-state index is 5.68. The Bertz CT molecular complexity index is 431. The molecule has 2 aromatic rings. The fraction of sp³-hybridized carbons (Fsp3) is 0.143. The van der Waals surface area contributed by atoms with E-state index in [2.05, 4.69) is 10.1 Å². The second kappa shape index (κ2) is 2.10. The normalized spacial score (nSPS) is 10.8. The number of nitrogens with two attached hydrogens (primary N) is 2. The fourth-order valence-corrected chi connectivity index (χ4v) is 1.13. The molecule has 0 saturated carbocycles. The Morgan fingerprint density at radius 3 is 2.92 bits per heavy atom. The number of aryl methyl sites for hydroxylation is 1. The van der Waals surface area contributed by atoms with Crippen molar-refractivity contribution >= 4 is 17.2 Å². The molecule has 0 aromatic carbocycles. The van der Waals surface area contributed by atoms with Crippen LogP contribution in [0.4, 0.5) is 11.5 Å². The van der Waals surface area contributed by atoms with Gasteiger partial charge in [0.05, 0.1) is 11.9 Å². The summed E-state index contributed by atoms with van der Waals surface area (Å²) >= 11 is 0. The van der Waals surface area contributed by atoms with Gasteiger partial charge in [-0.15, -0.1) is 0 Å². The lowest BCUT2D eigenvalue weighted by molar-refractivity contribution is 0.942. The van der Waals surface area contributed by atoms with E-state index in [4.69, 9.17) is 11.5 Å². The van der Waals surface area contributed by atoms with Gasteiger partial charge in [-0.25, -0.2) is 4.98 Å². The highest BCUT2D eigenvalue weighted by atomic mass is 15.3. The van der Waals surface area contributed by atoms with Gasteiger partial charge in [-0.05, 0) is 6.92 Å². The highest BCUT2D eigenvalue weighted by Gasteiger charge is 2.04. The Labute approximate surface area is 69.0 Å². The number of nitrogen functional groups attached to an aromatic ring is 2. The van der Waals surface area contributed by atoms with Crippen molar-refractivity contribution in [1.29, 1.82) is 0 Å². The highest BCUT2D eigenvalue weighted by Crippen LogP contribution is 2.13. The Balaban J connectivity index is 2.92. The lowest BCUT2D eigenvalue weighted by atomic mass is 10.4. The number of aromatic nitrogens is 3. The van der Waals surface area contributed by atoms with Gasteiger partial charge < -0.3 is 11.5 Å². The quantitative estimate of drug-likeness (QED) is 0.581. The van der Waals surface area contributed by atoms with E-state index in [9.17, 15) is 0 Å². The second-order valence-electron chi connectivity index (χ2n) is 2.66. The van der Waals surface area contributed by atoms with Gasteiger partial charge in [-0.3, -0.25) is 0 Å². The van der Waals surface area contributed by atoms with Crippen LogP contribution in [0.15, 0.2) is 12.3 Å². The van der Waals surface area contributed by atoms with Crippen molar-refractivity contribution in [3.05, 3.63) is 18.0 Å². The van der Waals surface area contributed by atoms with Crippen molar-refractivity contribution in [2.75, 3.05) is 11.5 Å². The number of hydrogen-bond donors (Lipinski definition) is 2. The molecule has 0 bridgehead atoms. The third-order valence-corrected chi connectivity index (χ3v) is 1.65. The number of anilines is 2. The number of rotatable bonds is 0. The molecular weight excluding hydrogens is 154 g/mol. The maximum Gasteiger partial charge on any atom is 0.180 e. The monoisotopic (exact) mass is 163 g/mol. The predicted octanol–water partition coefficient (Wildman–Crippen LogP) is 0.202. The number of fused-ring (bicyclic) bond motifs is 1. The molecule has 0 fully saturated rings. The SMILES string of the molecule is Cc1cc(N)n2ncc(N)c2n1. The van der Waals surface area contributed by atoms with Gasteiger partial charge in [0.25, 0.3) is 0 Å². The molecule has 0 aliphatic heterocycles. The van der Waals surface area contributed by atoms with E-state index in [1.807, 2.05) is 6.92 Å². The van der Waals surface area contributed by atoms with Gasteiger partial charge in [-0.1, -0.05) is 0 Å². The highest BCUT2D eigenvalue weighted by molar-refractivity contribution is 5.65. The van der Waals surface area contributed by atoms with E-state index in [-0.39, 0.29) is 0 Å². The first-order valence-electron chi connectivity index (χ1n) is 3.55. The predicted molar refractivity (Wildman–Crippen MR) is 46.5 cm³/mol. The van der Waals surface area contributed by atoms with Gasteiger partial charge in [0, 0.05) is 11.8 Å². The zero-order valence-electron chi connectivity index (χ0n) is 6.65. The minimum absolute atomic E-state index is 0.547. The average molecular weight is 163 g/mol. The molecule has 5 heteroatoms. The second-order valence-corrected chi connectivity index (χ2v) is 2.66. The first-order chi connectivity index (χ1) is 5.68. The molecule has 2 heterocycles. The molecule has 2 rings (SSSR count). The lowest BCUT2D eigenvalue weighted by Crippen LogP contribution is -2.01. The topological polar surface area (TPSA) is 82.2 Å². The van der Waals surface area contributed by atoms with E-state index in [0.29, 0.717) is 17.2 Å². The smallest absolute Gasteiger partial charge is 0.180 e. The van der Waals surface area contributed by atoms with Crippen LogP contribution in [0.3, 0.4) is 0 Å². The van der Waals surface area contributed by atoms with Crippen LogP contribution in [0, 0.1) is 6.92 Å². The molecule has 5 nitrogen and oxygen atoms in total. The molecule has 0 atom stereocenters. The van der Waals surface area contributed by atoms with Crippen LogP contribution >= 0.6 is 0 Å². The summed E-state index contributed by atoms with van der Waals surface area (Å²) in [5.41, 5.74) is 13.3. The fourth-order valence-electron chi connectivity index (χ4n) is 1.13. The Morgan fingerprint density at radius 2 is 2.17 bits per heavy atom. The van der Waals surface area contributed by atoms with Crippen molar-refractivity contribution in [1.82, 2.24) is 14.6 Å². The van der Waals surface area contributed by atoms with Gasteiger partial charge in [0.2, 0.25) is 0 Å². The Kier molecular flexibility index (Phi) is 1.21. The summed E-state index contributed by atoms with van der Waals surface area (Å²) in [5.74, 6) is 0.550. The van der Waals surface area contributed by atoms with Gasteiger partial charge in [0.15, 0.2) is 5.65 Å². The molecule has 62 valence electrons. The van der Waals surface area contributed by atoms with Crippen molar-refractivity contribution in [2.45, 2.75) is 6.92 Å². The largest absolute Gasteiger partial charge is 0.394 e. The first kappa shape index (κ1) is 6.90. The molecule has 0 radical (unpaired) electrons. The van der Waals surface area contributed by atoms with Crippen molar-refractivity contribution in [3.8, 4) is 0 Å². The summed E-state index contributed by atoms with van der Waals surface area (Å²) < 4.78 is 1.52. The molecule has 0 unspecified atom stereocenters. The average Bonchev–Trinajstić information content (AvgIpc) is 2.33. The third-order valence-electron chi connectivity index (χ3n) is 1.65. The molecule has 2 aromatic heterocycles. The van der Waals surface area contributed by atoms with E-state index in [0.717, 1.165) is 5.69 Å². The van der Waals surface area contributed by atoms with Crippen molar-refractivity contribution in [3.63, 3.8) is 0 Å². The molecule has 0 amide bonds. The summed E-state index contributed by atoms with van der Waals surface area (Å²) in [6.07, 6.45) is 1.54. The minimum Gasteiger partial charge on any atom is -0.394 e. The summed E-state index contributed by atoms with van der Waals surface area (Å²) in [5, 5.41) is 3.96. The van der Waals surface area contributed by atoms with Crippen LogP contribution in [-0.4, -0.2) is 14.6 Å². The molecule has 12 heavy (non-hydrogen) atoms. The number of nitrogens with zero attached hydrogens (tertiary/aromatic N) is 3. The van der Waals surface area contributed by atoms with Crippen LogP contribution in [0.1, 0.15) is 5.69 Å². The zero-order chi connectivity index (χ0) is 8.72. The van der Waals surface area contributed by atoms with Gasteiger partial charge >= 0.3 is 0 Å². The molecule has 4 N–H and O–H groups in total. The van der Waals surface area contributed by atoms with E-state index < -0.39 is 0 Å². The molecular formula is C7H9N5. The van der Waals surface area contributed by atoms with Crippen LogP contribution in [0.5, 0.6) is 0 Å². The summed E-state index contributed by atoms with van der Waals surface area (Å²) in [4.78, 5) is 4.19. The third kappa shape index (κ3) is 0.795. The summed E-state index contributed by atoms with van der Waals surface area (Å²) in [7, 11) is 0. The van der Waals surface area contributed by atoms with E-state index >= 15 is 0 Å². The molecule has 0 aliphatic carbocycles. The number of hydrogen-bond acceptors (Lipinski definition) is 4. The van der Waals surface area contributed by atoms with Gasteiger partial charge in [0.1, 0.15) is 5.82 Å². The zero-order valence-corrected chi connectivity index (χ0v) is 6.65. The van der Waals surface area contributed by atoms with Crippen LogP contribution in [0.2, 0.25) is 0 Å². The standard InChI is InChI=1S/C7H9N5/c1-4-2-6(9)12-7(11-4)5(8)3-10-12/h2-3H,8-9H2,1H3. The summed E-state index contributed by atoms with van der Waals surface area (Å²) in [6.45, 7) is 1.86. The Morgan fingerprint density at radius 1 is 1.42 bits per heavy atom.